The largest absolute Gasteiger partial charge is 0.481 e. The fourth-order valence-electron chi connectivity index (χ4n) is 3.53. The highest BCUT2D eigenvalue weighted by atomic mass is 19.1. The molecule has 1 aliphatic heterocycles. The number of nitrogens with zero attached hydrogens (tertiary/aromatic N) is 4. The topological polar surface area (TPSA) is 69.6 Å². The summed E-state index contributed by atoms with van der Waals surface area (Å²) in [6.07, 6.45) is 4.26. The molecule has 0 N–H and O–H groups in total. The van der Waals surface area contributed by atoms with Crippen molar-refractivity contribution in [2.75, 3.05) is 25.2 Å². The predicted molar refractivity (Wildman–Crippen MR) is 87.3 cm³/mol. The lowest BCUT2D eigenvalue weighted by molar-refractivity contribution is -0.0331. The maximum Gasteiger partial charge on any atom is 0.250 e. The summed E-state index contributed by atoms with van der Waals surface area (Å²) in [6.45, 7) is 1.28. The lowest BCUT2D eigenvalue weighted by Gasteiger charge is -2.39. The molecule has 1 saturated heterocycles. The highest BCUT2D eigenvalue weighted by Crippen LogP contribution is 2.35. The van der Waals surface area contributed by atoms with Gasteiger partial charge in [0.05, 0.1) is 19.8 Å². The van der Waals surface area contributed by atoms with Gasteiger partial charge in [0, 0.05) is 18.8 Å². The second-order valence-corrected chi connectivity index (χ2v) is 6.04. The second kappa shape index (κ2) is 6.79. The molecular weight excluding hydrogens is 327 g/mol. The summed E-state index contributed by atoms with van der Waals surface area (Å²) in [5, 5.41) is 0. The normalized spacial score (nSPS) is 25.5. The number of ether oxygens (including phenoxy) is 3. The van der Waals surface area contributed by atoms with Gasteiger partial charge < -0.3 is 19.1 Å². The SMILES string of the molecule is COc1cc(N2CCO[C@H]3[C@@H](Oc4ncccc4F)CC[C@H]32)ncn1. The number of hydrogen-bond acceptors (Lipinski definition) is 7. The average Bonchev–Trinajstić information content (AvgIpc) is 3.07. The zero-order valence-electron chi connectivity index (χ0n) is 13.8. The van der Waals surface area contributed by atoms with E-state index in [1.54, 1.807) is 13.2 Å². The molecule has 0 unspecified atom stereocenters. The van der Waals surface area contributed by atoms with Gasteiger partial charge in [-0.15, -0.1) is 0 Å². The quantitative estimate of drug-likeness (QED) is 0.836. The number of hydrogen-bond donors (Lipinski definition) is 0. The van der Waals surface area contributed by atoms with Gasteiger partial charge in [-0.05, 0) is 25.0 Å². The van der Waals surface area contributed by atoms with Crippen LogP contribution in [0, 0.1) is 5.82 Å². The molecule has 25 heavy (non-hydrogen) atoms. The predicted octanol–water partition coefficient (Wildman–Crippen LogP) is 1.83. The minimum absolute atomic E-state index is 0.0255. The van der Waals surface area contributed by atoms with E-state index in [2.05, 4.69) is 19.9 Å². The molecule has 2 aromatic rings. The van der Waals surface area contributed by atoms with E-state index in [1.165, 1.54) is 18.6 Å². The first-order valence-corrected chi connectivity index (χ1v) is 8.27. The van der Waals surface area contributed by atoms with Gasteiger partial charge in [-0.2, -0.15) is 0 Å². The molecule has 0 bridgehead atoms. The van der Waals surface area contributed by atoms with Crippen LogP contribution in [0.15, 0.2) is 30.7 Å². The average molecular weight is 346 g/mol. The minimum atomic E-state index is -0.459. The van der Waals surface area contributed by atoms with Crippen LogP contribution in [0.3, 0.4) is 0 Å². The molecule has 2 aromatic heterocycles. The van der Waals surface area contributed by atoms with Crippen molar-refractivity contribution in [3.05, 3.63) is 36.5 Å². The van der Waals surface area contributed by atoms with Crippen molar-refractivity contribution in [2.24, 2.45) is 0 Å². The van der Waals surface area contributed by atoms with Crippen molar-refractivity contribution < 1.29 is 18.6 Å². The van der Waals surface area contributed by atoms with Gasteiger partial charge in [0.15, 0.2) is 5.82 Å². The molecule has 8 heteroatoms. The Morgan fingerprint density at radius 2 is 2.20 bits per heavy atom. The standard InChI is InChI=1S/C17H19FN4O3/c1-23-15-9-14(20-10-21-15)22-7-8-24-16-12(22)4-5-13(16)25-17-11(18)3-2-6-19-17/h2-3,6,9-10,12-13,16H,4-5,7-8H2,1H3/t12-,13+,16-/m1/s1. The van der Waals surface area contributed by atoms with Crippen LogP contribution in [-0.4, -0.2) is 53.5 Å². The zero-order valence-corrected chi connectivity index (χ0v) is 13.8. The fraction of sp³-hybridized carbons (Fsp3) is 0.471. The number of pyridine rings is 1. The van der Waals surface area contributed by atoms with E-state index in [-0.39, 0.29) is 24.1 Å². The number of fused-ring (bicyclic) bond motifs is 1. The molecule has 3 atom stereocenters. The monoisotopic (exact) mass is 346 g/mol. The van der Waals surface area contributed by atoms with Gasteiger partial charge in [0.1, 0.15) is 24.4 Å². The van der Waals surface area contributed by atoms with Crippen LogP contribution >= 0.6 is 0 Å². The van der Waals surface area contributed by atoms with E-state index in [9.17, 15) is 4.39 Å². The third-order valence-corrected chi connectivity index (χ3v) is 4.65. The maximum atomic E-state index is 13.8. The highest BCUT2D eigenvalue weighted by Gasteiger charge is 2.45. The first-order chi connectivity index (χ1) is 12.3. The Balaban J connectivity index is 1.53. The van der Waals surface area contributed by atoms with Gasteiger partial charge in [-0.25, -0.2) is 19.3 Å². The van der Waals surface area contributed by atoms with Crippen molar-refractivity contribution in [1.29, 1.82) is 0 Å². The molecule has 1 aliphatic carbocycles. The van der Waals surface area contributed by atoms with Gasteiger partial charge in [0.25, 0.3) is 5.88 Å². The van der Waals surface area contributed by atoms with Crippen LogP contribution in [0.2, 0.25) is 0 Å². The Morgan fingerprint density at radius 3 is 3.04 bits per heavy atom. The van der Waals surface area contributed by atoms with E-state index in [1.807, 2.05) is 6.07 Å². The maximum absolute atomic E-state index is 13.8. The van der Waals surface area contributed by atoms with Crippen LogP contribution in [0.5, 0.6) is 11.8 Å². The summed E-state index contributed by atoms with van der Waals surface area (Å²) < 4.78 is 30.8. The molecule has 0 amide bonds. The van der Waals surface area contributed by atoms with Crippen molar-refractivity contribution in [2.45, 2.75) is 31.1 Å². The molecule has 0 radical (unpaired) electrons. The summed E-state index contributed by atoms with van der Waals surface area (Å²) in [5.41, 5.74) is 0. The number of halogens is 1. The molecule has 0 spiro atoms. The summed E-state index contributed by atoms with van der Waals surface area (Å²) in [4.78, 5) is 14.6. The van der Waals surface area contributed by atoms with Gasteiger partial charge in [-0.3, -0.25) is 0 Å². The van der Waals surface area contributed by atoms with Crippen LogP contribution in [0.25, 0.3) is 0 Å². The smallest absolute Gasteiger partial charge is 0.250 e. The molecule has 132 valence electrons. The summed E-state index contributed by atoms with van der Waals surface area (Å²) in [5.74, 6) is 0.890. The third-order valence-electron chi connectivity index (χ3n) is 4.65. The molecular formula is C17H19FN4O3. The number of morpholine rings is 1. The molecule has 1 saturated carbocycles. The number of methoxy groups -OCH3 is 1. The Hall–Kier alpha value is -2.48. The highest BCUT2D eigenvalue weighted by molar-refractivity contribution is 5.43. The van der Waals surface area contributed by atoms with E-state index >= 15 is 0 Å². The molecule has 2 fully saturated rings. The molecule has 0 aromatic carbocycles. The van der Waals surface area contributed by atoms with Crippen molar-refractivity contribution in [3.8, 4) is 11.8 Å². The van der Waals surface area contributed by atoms with Crippen LogP contribution in [-0.2, 0) is 4.74 Å². The molecule has 7 nitrogen and oxygen atoms in total. The zero-order chi connectivity index (χ0) is 17.2. The first kappa shape index (κ1) is 16.0. The number of rotatable bonds is 4. The molecule has 3 heterocycles. The minimum Gasteiger partial charge on any atom is -0.481 e. The van der Waals surface area contributed by atoms with Crippen molar-refractivity contribution in [1.82, 2.24) is 15.0 Å². The molecule has 4 rings (SSSR count). The van der Waals surface area contributed by atoms with Crippen molar-refractivity contribution in [3.63, 3.8) is 0 Å². The lowest BCUT2D eigenvalue weighted by Crippen LogP contribution is -2.52. The Morgan fingerprint density at radius 1 is 1.28 bits per heavy atom. The Labute approximate surface area is 144 Å². The van der Waals surface area contributed by atoms with Crippen LogP contribution in [0.4, 0.5) is 10.2 Å². The fourth-order valence-corrected chi connectivity index (χ4v) is 3.53. The van der Waals surface area contributed by atoms with E-state index in [4.69, 9.17) is 14.2 Å². The number of aromatic nitrogens is 3. The van der Waals surface area contributed by atoms with Gasteiger partial charge >= 0.3 is 0 Å². The number of anilines is 1. The second-order valence-electron chi connectivity index (χ2n) is 6.04. The first-order valence-electron chi connectivity index (χ1n) is 8.27. The van der Waals surface area contributed by atoms with E-state index < -0.39 is 5.82 Å². The third kappa shape index (κ3) is 3.09. The lowest BCUT2D eigenvalue weighted by atomic mass is 10.1. The van der Waals surface area contributed by atoms with E-state index in [0.717, 1.165) is 25.2 Å². The Kier molecular flexibility index (Phi) is 4.35. The Bertz CT molecular complexity index is 747. The van der Waals surface area contributed by atoms with Gasteiger partial charge in [-0.1, -0.05) is 0 Å². The van der Waals surface area contributed by atoms with Gasteiger partial charge in [0.2, 0.25) is 5.88 Å². The van der Waals surface area contributed by atoms with Crippen molar-refractivity contribution >= 4 is 5.82 Å². The summed E-state index contributed by atoms with van der Waals surface area (Å²) in [6, 6.07) is 4.82. The van der Waals surface area contributed by atoms with Crippen LogP contribution in [0.1, 0.15) is 12.8 Å². The molecule has 2 aliphatic rings. The summed E-state index contributed by atoms with van der Waals surface area (Å²) in [7, 11) is 1.58. The summed E-state index contributed by atoms with van der Waals surface area (Å²) >= 11 is 0. The van der Waals surface area contributed by atoms with E-state index in [0.29, 0.717) is 12.5 Å². The van der Waals surface area contributed by atoms with Crippen LogP contribution < -0.4 is 14.4 Å².